The zero-order chi connectivity index (χ0) is 19.1. The van der Waals surface area contributed by atoms with E-state index >= 15 is 0 Å². The zero-order valence-corrected chi connectivity index (χ0v) is 14.2. The van der Waals surface area contributed by atoms with Crippen LogP contribution in [0.5, 0.6) is 0 Å². The Morgan fingerprint density at radius 2 is 1.92 bits per heavy atom. The number of hydrogen-bond acceptors (Lipinski definition) is 5. The van der Waals surface area contributed by atoms with Gasteiger partial charge in [-0.25, -0.2) is 13.6 Å². The number of pyridine rings is 1. The summed E-state index contributed by atoms with van der Waals surface area (Å²) in [5.41, 5.74) is -0.662. The minimum Gasteiger partial charge on any atom is -0.375 e. The highest BCUT2D eigenvalue weighted by atomic mass is 32.2. The van der Waals surface area contributed by atoms with Gasteiger partial charge < -0.3 is 5.32 Å². The number of nitrogens with two attached hydrogens (primary N) is 1. The normalized spacial score (nSPS) is 13.7. The molecular formula is C15H14F3N5O2S. The van der Waals surface area contributed by atoms with Crippen molar-refractivity contribution >= 4 is 21.4 Å². The Morgan fingerprint density at radius 3 is 2.58 bits per heavy atom. The van der Waals surface area contributed by atoms with E-state index in [1.54, 1.807) is 35.7 Å². The standard InChI is InChI=1S/C15H14F3N5O2S/c1-9(14-22-21-13-4-2-3-7-23(13)14)20-10-5-6-12(26(19,24)25)11(8-10)15(16,17)18/h2-9,20H,1H3,(H2,19,24,25). The van der Waals surface area contributed by atoms with Crippen LogP contribution >= 0.6 is 0 Å². The second kappa shape index (κ2) is 6.25. The lowest BCUT2D eigenvalue weighted by molar-refractivity contribution is -0.139. The van der Waals surface area contributed by atoms with Crippen molar-refractivity contribution in [2.45, 2.75) is 24.0 Å². The number of rotatable bonds is 4. The number of fused-ring (bicyclic) bond motifs is 1. The largest absolute Gasteiger partial charge is 0.417 e. The predicted molar refractivity (Wildman–Crippen MR) is 87.8 cm³/mol. The molecule has 0 aliphatic carbocycles. The van der Waals surface area contributed by atoms with E-state index in [0.29, 0.717) is 17.5 Å². The Balaban J connectivity index is 1.97. The number of aromatic nitrogens is 3. The summed E-state index contributed by atoms with van der Waals surface area (Å²) in [5, 5.41) is 15.8. The minimum absolute atomic E-state index is 0.0740. The molecule has 2 heterocycles. The van der Waals surface area contributed by atoms with E-state index in [1.807, 2.05) is 0 Å². The Bertz CT molecular complexity index is 1060. The molecule has 0 fully saturated rings. The van der Waals surface area contributed by atoms with Gasteiger partial charge in [-0.15, -0.1) is 10.2 Å². The van der Waals surface area contributed by atoms with Crippen LogP contribution in [-0.2, 0) is 16.2 Å². The minimum atomic E-state index is -4.87. The zero-order valence-electron chi connectivity index (χ0n) is 13.4. The quantitative estimate of drug-likeness (QED) is 0.719. The molecule has 11 heteroatoms. The molecule has 1 aromatic carbocycles. The summed E-state index contributed by atoms with van der Waals surface area (Å²) in [5.74, 6) is 0.490. The summed E-state index contributed by atoms with van der Waals surface area (Å²) in [6.45, 7) is 1.70. The maximum Gasteiger partial charge on any atom is 0.417 e. The highest BCUT2D eigenvalue weighted by molar-refractivity contribution is 7.89. The number of anilines is 1. The van der Waals surface area contributed by atoms with Crippen molar-refractivity contribution in [3.63, 3.8) is 0 Å². The maximum absolute atomic E-state index is 13.2. The highest BCUT2D eigenvalue weighted by Gasteiger charge is 2.36. The first-order chi connectivity index (χ1) is 12.1. The van der Waals surface area contributed by atoms with E-state index < -0.39 is 32.7 Å². The topological polar surface area (TPSA) is 102 Å². The molecule has 0 aliphatic rings. The van der Waals surface area contributed by atoms with E-state index in [-0.39, 0.29) is 5.69 Å². The molecule has 0 saturated heterocycles. The number of benzene rings is 1. The van der Waals surface area contributed by atoms with Crippen LogP contribution in [0.4, 0.5) is 18.9 Å². The third-order valence-corrected chi connectivity index (χ3v) is 4.67. The van der Waals surface area contributed by atoms with Gasteiger partial charge in [0.15, 0.2) is 11.5 Å². The van der Waals surface area contributed by atoms with Gasteiger partial charge in [-0.1, -0.05) is 6.07 Å². The van der Waals surface area contributed by atoms with Crippen molar-refractivity contribution < 1.29 is 21.6 Å². The molecule has 138 valence electrons. The average Bonchev–Trinajstić information content (AvgIpc) is 2.97. The summed E-state index contributed by atoms with van der Waals surface area (Å²) < 4.78 is 64.1. The van der Waals surface area contributed by atoms with Crippen LogP contribution in [0.15, 0.2) is 47.5 Å². The van der Waals surface area contributed by atoms with E-state index in [1.165, 1.54) is 6.07 Å². The first kappa shape index (κ1) is 18.1. The lowest BCUT2D eigenvalue weighted by Gasteiger charge is -2.17. The number of alkyl halides is 3. The van der Waals surface area contributed by atoms with Crippen LogP contribution in [0, 0.1) is 0 Å². The van der Waals surface area contributed by atoms with E-state index in [4.69, 9.17) is 5.14 Å². The van der Waals surface area contributed by atoms with Gasteiger partial charge in [0.2, 0.25) is 10.0 Å². The average molecular weight is 385 g/mol. The molecule has 1 atom stereocenters. The smallest absolute Gasteiger partial charge is 0.375 e. The van der Waals surface area contributed by atoms with Crippen molar-refractivity contribution in [3.05, 3.63) is 54.0 Å². The van der Waals surface area contributed by atoms with Crippen molar-refractivity contribution in [1.29, 1.82) is 0 Å². The maximum atomic E-state index is 13.2. The van der Waals surface area contributed by atoms with E-state index in [2.05, 4.69) is 15.5 Å². The van der Waals surface area contributed by atoms with Gasteiger partial charge in [0, 0.05) is 11.9 Å². The van der Waals surface area contributed by atoms with Gasteiger partial charge in [0.25, 0.3) is 0 Å². The van der Waals surface area contributed by atoms with E-state index in [9.17, 15) is 21.6 Å². The van der Waals surface area contributed by atoms with Crippen molar-refractivity contribution in [2.24, 2.45) is 5.14 Å². The number of hydrogen-bond donors (Lipinski definition) is 2. The Labute approximate surface area is 146 Å². The molecule has 0 aliphatic heterocycles. The van der Waals surface area contributed by atoms with Gasteiger partial charge in [-0.05, 0) is 37.3 Å². The summed E-state index contributed by atoms with van der Waals surface area (Å²) in [7, 11) is -4.51. The molecule has 3 rings (SSSR count). The van der Waals surface area contributed by atoms with Crippen molar-refractivity contribution in [1.82, 2.24) is 14.6 Å². The molecule has 7 nitrogen and oxygen atoms in total. The van der Waals surface area contributed by atoms with Crippen LogP contribution in [0.25, 0.3) is 5.65 Å². The van der Waals surface area contributed by atoms with Gasteiger partial charge in [0.1, 0.15) is 0 Å². The van der Waals surface area contributed by atoms with Gasteiger partial charge in [0.05, 0.1) is 16.5 Å². The molecular weight excluding hydrogens is 371 g/mol. The van der Waals surface area contributed by atoms with Gasteiger partial charge >= 0.3 is 6.18 Å². The Morgan fingerprint density at radius 1 is 1.19 bits per heavy atom. The first-order valence-electron chi connectivity index (χ1n) is 7.37. The summed E-state index contributed by atoms with van der Waals surface area (Å²) >= 11 is 0. The second-order valence-electron chi connectivity index (χ2n) is 5.61. The summed E-state index contributed by atoms with van der Waals surface area (Å²) in [4.78, 5) is -0.976. The lowest BCUT2D eigenvalue weighted by atomic mass is 10.1. The molecule has 26 heavy (non-hydrogen) atoms. The number of nitrogens with one attached hydrogen (secondary N) is 1. The molecule has 3 N–H and O–H groups in total. The molecule has 0 amide bonds. The third kappa shape index (κ3) is 3.48. The fourth-order valence-corrected chi connectivity index (χ4v) is 3.30. The van der Waals surface area contributed by atoms with Crippen LogP contribution in [-0.4, -0.2) is 23.0 Å². The SMILES string of the molecule is CC(Nc1ccc(S(N)(=O)=O)c(C(F)(F)F)c1)c1nnc2ccccn12. The molecule has 0 bridgehead atoms. The molecule has 0 saturated carbocycles. The Hall–Kier alpha value is -2.66. The third-order valence-electron chi connectivity index (χ3n) is 3.70. The molecule has 1 unspecified atom stereocenters. The van der Waals surface area contributed by atoms with E-state index in [0.717, 1.165) is 6.07 Å². The highest BCUT2D eigenvalue weighted by Crippen LogP contribution is 2.36. The lowest BCUT2D eigenvalue weighted by Crippen LogP contribution is -2.19. The number of primary sulfonamides is 1. The predicted octanol–water partition coefficient (Wildman–Crippen LogP) is 2.57. The van der Waals surface area contributed by atoms with Crippen LogP contribution in [0.1, 0.15) is 24.4 Å². The first-order valence-corrected chi connectivity index (χ1v) is 8.92. The second-order valence-corrected chi connectivity index (χ2v) is 7.14. The fraction of sp³-hybridized carbons (Fsp3) is 0.200. The fourth-order valence-electron chi connectivity index (χ4n) is 2.56. The molecule has 3 aromatic rings. The number of nitrogens with zero attached hydrogens (tertiary/aromatic N) is 3. The van der Waals surface area contributed by atoms with Crippen LogP contribution in [0.3, 0.4) is 0 Å². The number of sulfonamides is 1. The van der Waals surface area contributed by atoms with Gasteiger partial charge in [-0.3, -0.25) is 4.40 Å². The van der Waals surface area contributed by atoms with Gasteiger partial charge in [-0.2, -0.15) is 13.2 Å². The monoisotopic (exact) mass is 385 g/mol. The Kier molecular flexibility index (Phi) is 4.36. The van der Waals surface area contributed by atoms with Crippen molar-refractivity contribution in [2.75, 3.05) is 5.32 Å². The molecule has 0 radical (unpaired) electrons. The van der Waals surface area contributed by atoms with Crippen molar-refractivity contribution in [3.8, 4) is 0 Å². The summed E-state index contributed by atoms with van der Waals surface area (Å²) in [6, 6.07) is 7.56. The molecule has 2 aromatic heterocycles. The van der Waals surface area contributed by atoms with Crippen LogP contribution in [0.2, 0.25) is 0 Å². The summed E-state index contributed by atoms with van der Waals surface area (Å²) in [6.07, 6.45) is -3.14. The van der Waals surface area contributed by atoms with Crippen LogP contribution < -0.4 is 10.5 Å². The number of halogens is 3. The molecule has 0 spiro atoms.